The molecule has 6 nitrogen and oxygen atoms in total. The lowest BCUT2D eigenvalue weighted by molar-refractivity contribution is 0.110. The minimum atomic E-state index is -3.47. The molecule has 2 fully saturated rings. The molecule has 3 rings (SSSR count). The Labute approximate surface area is 150 Å². The summed E-state index contributed by atoms with van der Waals surface area (Å²) >= 11 is 0. The Kier molecular flexibility index (Phi) is 5.99. The Morgan fingerprint density at radius 3 is 2.64 bits per heavy atom. The molecule has 0 bridgehead atoms. The SMILES string of the molecule is CCOCCOc1ccc(S(=O)(=O)N2C[C@@H]3CCCN3C[C@H]2C)cc1. The fourth-order valence-corrected chi connectivity index (χ4v) is 5.36. The molecule has 2 heterocycles. The molecule has 2 saturated heterocycles. The lowest BCUT2D eigenvalue weighted by Crippen LogP contribution is -2.56. The summed E-state index contributed by atoms with van der Waals surface area (Å²) in [5.74, 6) is 0.660. The van der Waals surface area contributed by atoms with Crippen LogP contribution in [0.15, 0.2) is 29.2 Å². The topological polar surface area (TPSA) is 59.1 Å². The number of hydrogen-bond acceptors (Lipinski definition) is 5. The van der Waals surface area contributed by atoms with Gasteiger partial charge in [-0.2, -0.15) is 4.31 Å². The largest absolute Gasteiger partial charge is 0.491 e. The minimum Gasteiger partial charge on any atom is -0.491 e. The van der Waals surface area contributed by atoms with Crippen molar-refractivity contribution in [2.24, 2.45) is 0 Å². The summed E-state index contributed by atoms with van der Waals surface area (Å²) in [6.45, 7) is 8.09. The van der Waals surface area contributed by atoms with Crippen LogP contribution in [-0.4, -0.2) is 69.2 Å². The van der Waals surface area contributed by atoms with E-state index in [1.807, 2.05) is 13.8 Å². The number of hydrogen-bond donors (Lipinski definition) is 0. The first kappa shape index (κ1) is 18.6. The summed E-state index contributed by atoms with van der Waals surface area (Å²) < 4.78 is 38.5. The van der Waals surface area contributed by atoms with Gasteiger partial charge in [-0.1, -0.05) is 0 Å². The second-order valence-corrected chi connectivity index (χ2v) is 8.62. The zero-order chi connectivity index (χ0) is 17.9. The molecule has 2 aliphatic rings. The number of nitrogens with zero attached hydrogens (tertiary/aromatic N) is 2. The summed E-state index contributed by atoms with van der Waals surface area (Å²) in [6.07, 6.45) is 2.25. The number of piperazine rings is 1. The van der Waals surface area contributed by atoms with Crippen LogP contribution in [0.1, 0.15) is 26.7 Å². The highest BCUT2D eigenvalue weighted by atomic mass is 32.2. The highest BCUT2D eigenvalue weighted by Crippen LogP contribution is 2.29. The van der Waals surface area contributed by atoms with E-state index in [9.17, 15) is 8.42 Å². The molecule has 1 aromatic carbocycles. The molecule has 1 aromatic rings. The molecule has 0 saturated carbocycles. The number of ether oxygens (including phenoxy) is 2. The van der Waals surface area contributed by atoms with Crippen LogP contribution in [0, 0.1) is 0 Å². The second-order valence-electron chi connectivity index (χ2n) is 6.73. The van der Waals surface area contributed by atoms with Gasteiger partial charge in [0.05, 0.1) is 11.5 Å². The van der Waals surface area contributed by atoms with E-state index in [2.05, 4.69) is 4.90 Å². The van der Waals surface area contributed by atoms with Crippen LogP contribution in [-0.2, 0) is 14.8 Å². The van der Waals surface area contributed by atoms with Gasteiger partial charge in [0.1, 0.15) is 12.4 Å². The van der Waals surface area contributed by atoms with Crippen molar-refractivity contribution in [3.63, 3.8) is 0 Å². The molecule has 2 atom stereocenters. The normalized spacial score (nSPS) is 25.0. The summed E-state index contributed by atoms with van der Waals surface area (Å²) in [5, 5.41) is 0. The van der Waals surface area contributed by atoms with Gasteiger partial charge in [-0.15, -0.1) is 0 Å². The van der Waals surface area contributed by atoms with Gasteiger partial charge >= 0.3 is 0 Å². The first-order chi connectivity index (χ1) is 12.0. The van der Waals surface area contributed by atoms with Crippen molar-refractivity contribution in [2.75, 3.05) is 39.5 Å². The van der Waals surface area contributed by atoms with E-state index in [0.717, 1.165) is 19.5 Å². The third kappa shape index (κ3) is 4.16. The zero-order valence-corrected chi connectivity index (χ0v) is 15.9. The lowest BCUT2D eigenvalue weighted by atomic mass is 10.1. The Morgan fingerprint density at radius 1 is 1.16 bits per heavy atom. The predicted molar refractivity (Wildman–Crippen MR) is 96.4 cm³/mol. The number of benzene rings is 1. The predicted octanol–water partition coefficient (Wildman–Crippen LogP) is 1.96. The van der Waals surface area contributed by atoms with Gasteiger partial charge in [-0.25, -0.2) is 8.42 Å². The van der Waals surface area contributed by atoms with Crippen molar-refractivity contribution in [1.29, 1.82) is 0 Å². The van der Waals surface area contributed by atoms with Gasteiger partial charge in [-0.3, -0.25) is 4.90 Å². The van der Waals surface area contributed by atoms with Crippen molar-refractivity contribution in [3.05, 3.63) is 24.3 Å². The zero-order valence-electron chi connectivity index (χ0n) is 15.1. The summed E-state index contributed by atoms with van der Waals surface area (Å²) in [5.41, 5.74) is 0. The highest BCUT2D eigenvalue weighted by Gasteiger charge is 2.40. The quantitative estimate of drug-likeness (QED) is 0.689. The number of fused-ring (bicyclic) bond motifs is 1. The Morgan fingerprint density at radius 2 is 1.92 bits per heavy atom. The maximum absolute atomic E-state index is 13.0. The smallest absolute Gasteiger partial charge is 0.243 e. The van der Waals surface area contributed by atoms with Gasteiger partial charge in [0.15, 0.2) is 0 Å². The van der Waals surface area contributed by atoms with Crippen LogP contribution in [0.3, 0.4) is 0 Å². The summed E-state index contributed by atoms with van der Waals surface area (Å²) in [6, 6.07) is 7.08. The maximum atomic E-state index is 13.0. The maximum Gasteiger partial charge on any atom is 0.243 e. The molecule has 140 valence electrons. The molecule has 25 heavy (non-hydrogen) atoms. The van der Waals surface area contributed by atoms with E-state index in [1.165, 1.54) is 6.42 Å². The molecular weight excluding hydrogens is 340 g/mol. The second kappa shape index (κ2) is 8.03. The van der Waals surface area contributed by atoms with Crippen LogP contribution in [0.25, 0.3) is 0 Å². The molecule has 0 unspecified atom stereocenters. The van der Waals surface area contributed by atoms with Crippen molar-refractivity contribution in [2.45, 2.75) is 43.7 Å². The van der Waals surface area contributed by atoms with E-state index in [1.54, 1.807) is 28.6 Å². The third-order valence-electron chi connectivity index (χ3n) is 5.01. The van der Waals surface area contributed by atoms with Crippen LogP contribution >= 0.6 is 0 Å². The molecule has 2 aliphatic heterocycles. The summed E-state index contributed by atoms with van der Waals surface area (Å²) in [4.78, 5) is 2.76. The minimum absolute atomic E-state index is 0.00136. The molecule has 0 aliphatic carbocycles. The molecule has 0 spiro atoms. The molecular formula is C18H28N2O4S. The van der Waals surface area contributed by atoms with Gasteiger partial charge in [-0.05, 0) is 57.5 Å². The van der Waals surface area contributed by atoms with Crippen molar-refractivity contribution < 1.29 is 17.9 Å². The van der Waals surface area contributed by atoms with Crippen LogP contribution in [0.2, 0.25) is 0 Å². The van der Waals surface area contributed by atoms with Gasteiger partial charge in [0, 0.05) is 31.8 Å². The summed E-state index contributed by atoms with van der Waals surface area (Å²) in [7, 11) is -3.47. The molecule has 0 aromatic heterocycles. The first-order valence-electron chi connectivity index (χ1n) is 9.09. The Bertz CT molecular complexity index is 662. The van der Waals surface area contributed by atoms with Crippen LogP contribution in [0.5, 0.6) is 5.75 Å². The Balaban J connectivity index is 1.67. The first-order valence-corrected chi connectivity index (χ1v) is 10.5. The van der Waals surface area contributed by atoms with E-state index in [0.29, 0.717) is 43.1 Å². The average Bonchev–Trinajstić information content (AvgIpc) is 3.05. The lowest BCUT2D eigenvalue weighted by Gasteiger charge is -2.41. The monoisotopic (exact) mass is 368 g/mol. The van der Waals surface area contributed by atoms with Crippen LogP contribution in [0.4, 0.5) is 0 Å². The van der Waals surface area contributed by atoms with Crippen LogP contribution < -0.4 is 4.74 Å². The number of sulfonamides is 1. The van der Waals surface area contributed by atoms with Gasteiger partial charge in [0.25, 0.3) is 0 Å². The Hall–Kier alpha value is -1.15. The standard InChI is InChI=1S/C18H28N2O4S/c1-3-23-11-12-24-17-6-8-18(9-7-17)25(21,22)20-14-16-5-4-10-19(16)13-15(20)2/h6-9,15-16H,3-5,10-14H2,1-2H3/t15-,16+/m1/s1. The van der Waals surface area contributed by atoms with Crippen molar-refractivity contribution in [3.8, 4) is 5.75 Å². The molecule has 0 N–H and O–H groups in total. The molecule has 0 amide bonds. The highest BCUT2D eigenvalue weighted by molar-refractivity contribution is 7.89. The fourth-order valence-electron chi connectivity index (χ4n) is 3.70. The average molecular weight is 368 g/mol. The number of rotatable bonds is 7. The van der Waals surface area contributed by atoms with Crippen molar-refractivity contribution >= 4 is 10.0 Å². The van der Waals surface area contributed by atoms with E-state index < -0.39 is 10.0 Å². The van der Waals surface area contributed by atoms with Gasteiger partial charge in [0.2, 0.25) is 10.0 Å². The van der Waals surface area contributed by atoms with Crippen molar-refractivity contribution in [1.82, 2.24) is 9.21 Å². The van der Waals surface area contributed by atoms with E-state index in [4.69, 9.17) is 9.47 Å². The van der Waals surface area contributed by atoms with E-state index >= 15 is 0 Å². The molecule has 7 heteroatoms. The third-order valence-corrected chi connectivity index (χ3v) is 7.01. The van der Waals surface area contributed by atoms with Gasteiger partial charge < -0.3 is 9.47 Å². The molecule has 0 radical (unpaired) electrons. The van der Waals surface area contributed by atoms with E-state index in [-0.39, 0.29) is 6.04 Å². The fraction of sp³-hybridized carbons (Fsp3) is 0.667.